The molecule has 0 saturated heterocycles. The van der Waals surface area contributed by atoms with E-state index in [9.17, 15) is 5.11 Å². The van der Waals surface area contributed by atoms with Crippen molar-refractivity contribution in [1.29, 1.82) is 0 Å². The highest BCUT2D eigenvalue weighted by atomic mass is 16.5. The van der Waals surface area contributed by atoms with Crippen molar-refractivity contribution in [2.45, 2.75) is 45.3 Å². The molecule has 0 aliphatic rings. The molecule has 0 spiro atoms. The monoisotopic (exact) mass is 282 g/mol. The fraction of sp³-hybridized carbons (Fsp3) is 0.625. The molecule has 0 bridgehead atoms. The molecule has 0 aliphatic heterocycles. The summed E-state index contributed by atoms with van der Waals surface area (Å²) in [6.07, 6.45) is 0.614. The Labute approximate surface area is 121 Å². The average Bonchev–Trinajstić information content (AvgIpc) is 2.51. The Bertz CT molecular complexity index is 391. The molecule has 1 unspecified atom stereocenters. The number of benzene rings is 1. The highest BCUT2D eigenvalue weighted by Gasteiger charge is 2.39. The van der Waals surface area contributed by atoms with Crippen molar-refractivity contribution in [2.24, 2.45) is 0 Å². The van der Waals surface area contributed by atoms with Crippen molar-refractivity contribution in [3.8, 4) is 11.5 Å². The van der Waals surface area contributed by atoms with Crippen LogP contribution < -0.4 is 9.47 Å². The number of methoxy groups -OCH3 is 2. The first-order chi connectivity index (χ1) is 9.60. The second-order valence-electron chi connectivity index (χ2n) is 4.68. The van der Waals surface area contributed by atoms with Crippen molar-refractivity contribution < 1.29 is 19.3 Å². The Morgan fingerprint density at radius 2 is 1.55 bits per heavy atom. The van der Waals surface area contributed by atoms with Crippen molar-refractivity contribution in [3.05, 3.63) is 23.8 Å². The van der Waals surface area contributed by atoms with Gasteiger partial charge in [0.15, 0.2) is 0 Å². The molecular formula is C16H26O4. The van der Waals surface area contributed by atoms with Crippen LogP contribution >= 0.6 is 0 Å². The van der Waals surface area contributed by atoms with Crippen LogP contribution in [0.1, 0.15) is 45.3 Å². The molecule has 114 valence electrons. The minimum absolute atomic E-state index is 0.552. The summed E-state index contributed by atoms with van der Waals surface area (Å²) in [6.45, 7) is 6.52. The Morgan fingerprint density at radius 3 is 1.90 bits per heavy atom. The van der Waals surface area contributed by atoms with E-state index in [0.29, 0.717) is 36.5 Å². The lowest BCUT2D eigenvalue weighted by Crippen LogP contribution is -2.38. The fourth-order valence-electron chi connectivity index (χ4n) is 2.62. The number of aliphatic hydroxyl groups is 1. The van der Waals surface area contributed by atoms with Gasteiger partial charge in [-0.05, 0) is 31.9 Å². The number of hydrogen-bond donors (Lipinski definition) is 1. The van der Waals surface area contributed by atoms with Crippen molar-refractivity contribution in [3.63, 3.8) is 0 Å². The first-order valence-electron chi connectivity index (χ1n) is 7.13. The Kier molecular flexibility index (Phi) is 6.30. The molecule has 1 rings (SSSR count). The van der Waals surface area contributed by atoms with Crippen LogP contribution in [0, 0.1) is 0 Å². The third kappa shape index (κ3) is 3.07. The summed E-state index contributed by atoms with van der Waals surface area (Å²) in [5.41, 5.74) is 0.0195. The molecule has 4 nitrogen and oxygen atoms in total. The second-order valence-corrected chi connectivity index (χ2v) is 4.68. The maximum Gasteiger partial charge on any atom is 0.128 e. The minimum Gasteiger partial charge on any atom is -0.496 e. The van der Waals surface area contributed by atoms with Gasteiger partial charge in [0.05, 0.1) is 25.4 Å². The predicted octanol–water partition coefficient (Wildman–Crippen LogP) is 3.33. The Hall–Kier alpha value is -1.26. The van der Waals surface area contributed by atoms with Crippen molar-refractivity contribution in [2.75, 3.05) is 20.8 Å². The van der Waals surface area contributed by atoms with E-state index in [0.717, 1.165) is 0 Å². The summed E-state index contributed by atoms with van der Waals surface area (Å²) < 4.78 is 16.6. The summed E-state index contributed by atoms with van der Waals surface area (Å²) in [5.74, 6) is 1.23. The van der Waals surface area contributed by atoms with Crippen LogP contribution in [0.3, 0.4) is 0 Å². The van der Waals surface area contributed by atoms with Crippen molar-refractivity contribution >= 4 is 0 Å². The average molecular weight is 282 g/mol. The first kappa shape index (κ1) is 16.8. The molecule has 1 aromatic carbocycles. The topological polar surface area (TPSA) is 47.9 Å². The van der Waals surface area contributed by atoms with Crippen LogP contribution in [-0.4, -0.2) is 31.5 Å². The summed E-state index contributed by atoms with van der Waals surface area (Å²) >= 11 is 0. The molecule has 0 heterocycles. The lowest BCUT2D eigenvalue weighted by molar-refractivity contribution is -0.128. The molecule has 0 aliphatic carbocycles. The number of aliphatic hydroxyl groups excluding tert-OH is 1. The Morgan fingerprint density at radius 1 is 1.05 bits per heavy atom. The highest BCUT2D eigenvalue weighted by Crippen LogP contribution is 2.43. The molecule has 4 heteroatoms. The number of rotatable bonds is 8. The van der Waals surface area contributed by atoms with Crippen LogP contribution in [0.4, 0.5) is 0 Å². The first-order valence-corrected chi connectivity index (χ1v) is 7.13. The third-order valence-corrected chi connectivity index (χ3v) is 3.87. The zero-order valence-electron chi connectivity index (χ0n) is 13.1. The van der Waals surface area contributed by atoms with Gasteiger partial charge >= 0.3 is 0 Å². The standard InChI is InChI=1S/C16H26O4/c1-6-16(7-2,20-8-3)15(17)14-12(18-4)10-9-11-13(14)19-5/h9-11,15,17H,6-8H2,1-5H3. The minimum atomic E-state index is -0.802. The van der Waals surface area contributed by atoms with Gasteiger partial charge in [0.25, 0.3) is 0 Å². The largest absolute Gasteiger partial charge is 0.496 e. The maximum atomic E-state index is 10.9. The van der Waals surface area contributed by atoms with E-state index in [4.69, 9.17) is 14.2 Å². The lowest BCUT2D eigenvalue weighted by atomic mass is 9.85. The summed E-state index contributed by atoms with van der Waals surface area (Å²) in [6, 6.07) is 5.49. The van der Waals surface area contributed by atoms with E-state index < -0.39 is 11.7 Å². The Balaban J connectivity index is 3.33. The van der Waals surface area contributed by atoms with Crippen LogP contribution in [0.15, 0.2) is 18.2 Å². The summed E-state index contributed by atoms with van der Waals surface area (Å²) in [5, 5.41) is 10.9. The molecule has 0 fully saturated rings. The van der Waals surface area contributed by atoms with E-state index in [-0.39, 0.29) is 0 Å². The van der Waals surface area contributed by atoms with Gasteiger partial charge in [-0.15, -0.1) is 0 Å². The zero-order valence-corrected chi connectivity index (χ0v) is 13.1. The van der Waals surface area contributed by atoms with Gasteiger partial charge in [0.1, 0.15) is 17.6 Å². The van der Waals surface area contributed by atoms with Crippen LogP contribution in [0.2, 0.25) is 0 Å². The van der Waals surface area contributed by atoms with Crippen LogP contribution in [0.25, 0.3) is 0 Å². The van der Waals surface area contributed by atoms with E-state index in [1.165, 1.54) is 0 Å². The normalized spacial score (nSPS) is 13.1. The molecule has 20 heavy (non-hydrogen) atoms. The van der Waals surface area contributed by atoms with E-state index in [2.05, 4.69) is 0 Å². The van der Waals surface area contributed by atoms with Crippen LogP contribution in [-0.2, 0) is 4.74 Å². The molecule has 1 N–H and O–H groups in total. The van der Waals surface area contributed by atoms with Crippen LogP contribution in [0.5, 0.6) is 11.5 Å². The summed E-state index contributed by atoms with van der Waals surface area (Å²) in [4.78, 5) is 0. The van der Waals surface area contributed by atoms with Gasteiger partial charge in [-0.25, -0.2) is 0 Å². The van der Waals surface area contributed by atoms with Gasteiger partial charge in [-0.1, -0.05) is 19.9 Å². The molecular weight excluding hydrogens is 256 g/mol. The molecule has 1 aromatic rings. The smallest absolute Gasteiger partial charge is 0.128 e. The lowest BCUT2D eigenvalue weighted by Gasteiger charge is -2.37. The SMILES string of the molecule is CCOC(CC)(CC)C(O)c1c(OC)cccc1OC. The van der Waals surface area contributed by atoms with Gasteiger partial charge in [-0.3, -0.25) is 0 Å². The van der Waals surface area contributed by atoms with E-state index >= 15 is 0 Å². The van der Waals surface area contributed by atoms with E-state index in [1.807, 2.05) is 39.0 Å². The molecule has 1 atom stereocenters. The zero-order chi connectivity index (χ0) is 15.2. The molecule has 0 radical (unpaired) electrons. The van der Waals surface area contributed by atoms with Gasteiger partial charge in [0.2, 0.25) is 0 Å². The van der Waals surface area contributed by atoms with Gasteiger partial charge < -0.3 is 19.3 Å². The molecule has 0 saturated carbocycles. The molecule has 0 amide bonds. The number of ether oxygens (including phenoxy) is 3. The van der Waals surface area contributed by atoms with E-state index in [1.54, 1.807) is 14.2 Å². The number of hydrogen-bond acceptors (Lipinski definition) is 4. The quantitative estimate of drug-likeness (QED) is 0.794. The molecule has 0 aromatic heterocycles. The summed E-state index contributed by atoms with van der Waals surface area (Å²) in [7, 11) is 3.18. The highest BCUT2D eigenvalue weighted by molar-refractivity contribution is 5.47. The van der Waals surface area contributed by atoms with Crippen molar-refractivity contribution in [1.82, 2.24) is 0 Å². The second kappa shape index (κ2) is 7.50. The van der Waals surface area contributed by atoms with Gasteiger partial charge in [0, 0.05) is 6.61 Å². The fourth-order valence-corrected chi connectivity index (χ4v) is 2.62. The predicted molar refractivity (Wildman–Crippen MR) is 79.4 cm³/mol. The third-order valence-electron chi connectivity index (χ3n) is 3.87. The van der Waals surface area contributed by atoms with Gasteiger partial charge in [-0.2, -0.15) is 0 Å². The maximum absolute atomic E-state index is 10.9.